The number of nitrogens with one attached hydrogen (secondary N) is 2. The number of benzene rings is 2. The van der Waals surface area contributed by atoms with Crippen LogP contribution in [0.1, 0.15) is 31.2 Å². The molecule has 3 rings (SSSR count). The number of anilines is 1. The van der Waals surface area contributed by atoms with Crippen molar-refractivity contribution in [3.05, 3.63) is 66.2 Å². The lowest BCUT2D eigenvalue weighted by molar-refractivity contribution is -0.122. The Kier molecular flexibility index (Phi) is 7.62. The first-order chi connectivity index (χ1) is 13.7. The minimum Gasteiger partial charge on any atom is -0.353 e. The molecule has 1 heterocycles. The van der Waals surface area contributed by atoms with Gasteiger partial charge in [0.1, 0.15) is 0 Å². The number of hydrogen-bond donors (Lipinski definition) is 2. The van der Waals surface area contributed by atoms with Gasteiger partial charge in [-0.3, -0.25) is 9.59 Å². The Morgan fingerprint density at radius 3 is 2.18 bits per heavy atom. The number of hydrogen-bond acceptors (Lipinski definition) is 3. The lowest BCUT2D eigenvalue weighted by Crippen LogP contribution is -2.45. The Balaban J connectivity index is 1.30. The number of nitrogens with zero attached hydrogens (tertiary/aromatic N) is 1. The molecule has 0 spiro atoms. The van der Waals surface area contributed by atoms with E-state index in [4.69, 9.17) is 0 Å². The zero-order chi connectivity index (χ0) is 19.6. The zero-order valence-electron chi connectivity index (χ0n) is 16.3. The molecule has 1 saturated heterocycles. The number of rotatable bonds is 8. The number of amides is 2. The second-order valence-electron chi connectivity index (χ2n) is 7.33. The smallest absolute Gasteiger partial charge is 0.225 e. The van der Waals surface area contributed by atoms with Crippen LogP contribution in [0.4, 0.5) is 5.69 Å². The van der Waals surface area contributed by atoms with E-state index >= 15 is 0 Å². The molecule has 0 aliphatic carbocycles. The maximum Gasteiger partial charge on any atom is 0.225 e. The number of carbonyl (C=O) groups is 2. The van der Waals surface area contributed by atoms with Crippen LogP contribution in [0.25, 0.3) is 0 Å². The number of aryl methyl sites for hydroxylation is 1. The largest absolute Gasteiger partial charge is 0.353 e. The van der Waals surface area contributed by atoms with Crippen molar-refractivity contribution in [2.45, 2.75) is 38.1 Å². The van der Waals surface area contributed by atoms with Crippen LogP contribution in [0.2, 0.25) is 0 Å². The van der Waals surface area contributed by atoms with Crippen LogP contribution >= 0.6 is 0 Å². The van der Waals surface area contributed by atoms with Gasteiger partial charge in [0.25, 0.3) is 0 Å². The molecule has 1 aliphatic rings. The molecular formula is C23H29N3O2. The summed E-state index contributed by atoms with van der Waals surface area (Å²) in [6, 6.07) is 19.9. The van der Waals surface area contributed by atoms with Crippen molar-refractivity contribution in [2.24, 2.45) is 0 Å². The van der Waals surface area contributed by atoms with Crippen molar-refractivity contribution in [1.82, 2.24) is 10.2 Å². The van der Waals surface area contributed by atoms with Gasteiger partial charge in [-0.15, -0.1) is 0 Å². The third-order valence-electron chi connectivity index (χ3n) is 5.15. The number of piperidine rings is 1. The van der Waals surface area contributed by atoms with Crippen LogP contribution in [0, 0.1) is 0 Å². The van der Waals surface area contributed by atoms with Crippen LogP contribution in [-0.4, -0.2) is 42.4 Å². The molecule has 0 radical (unpaired) electrons. The van der Waals surface area contributed by atoms with E-state index in [9.17, 15) is 9.59 Å². The van der Waals surface area contributed by atoms with Crippen molar-refractivity contribution in [1.29, 1.82) is 0 Å². The average Bonchev–Trinajstić information content (AvgIpc) is 2.73. The summed E-state index contributed by atoms with van der Waals surface area (Å²) in [6.45, 7) is 2.60. The van der Waals surface area contributed by atoms with Gasteiger partial charge in [-0.1, -0.05) is 48.5 Å². The van der Waals surface area contributed by atoms with Gasteiger partial charge in [-0.2, -0.15) is 0 Å². The van der Waals surface area contributed by atoms with Crippen LogP contribution in [0.3, 0.4) is 0 Å². The van der Waals surface area contributed by atoms with E-state index in [2.05, 4.69) is 27.7 Å². The van der Waals surface area contributed by atoms with E-state index in [1.807, 2.05) is 48.5 Å². The molecule has 0 bridgehead atoms. The average molecular weight is 380 g/mol. The molecule has 28 heavy (non-hydrogen) atoms. The highest BCUT2D eigenvalue weighted by molar-refractivity contribution is 5.90. The molecular weight excluding hydrogens is 350 g/mol. The molecule has 1 aliphatic heterocycles. The van der Waals surface area contributed by atoms with Gasteiger partial charge in [0.05, 0.1) is 0 Å². The van der Waals surface area contributed by atoms with Crippen molar-refractivity contribution in [3.63, 3.8) is 0 Å². The van der Waals surface area contributed by atoms with E-state index in [-0.39, 0.29) is 17.9 Å². The van der Waals surface area contributed by atoms with Crippen LogP contribution in [0.5, 0.6) is 0 Å². The normalized spacial score (nSPS) is 15.1. The molecule has 5 nitrogen and oxygen atoms in total. The van der Waals surface area contributed by atoms with Crippen LogP contribution in [-0.2, 0) is 16.0 Å². The highest BCUT2D eigenvalue weighted by Crippen LogP contribution is 2.12. The van der Waals surface area contributed by atoms with Gasteiger partial charge in [-0.25, -0.2) is 0 Å². The highest BCUT2D eigenvalue weighted by atomic mass is 16.2. The second kappa shape index (κ2) is 10.6. The van der Waals surface area contributed by atoms with E-state index < -0.39 is 0 Å². The molecule has 1 fully saturated rings. The molecule has 148 valence electrons. The number of para-hydroxylation sites is 1. The van der Waals surface area contributed by atoms with Gasteiger partial charge in [0.2, 0.25) is 11.8 Å². The first kappa shape index (κ1) is 20.1. The zero-order valence-corrected chi connectivity index (χ0v) is 16.3. The summed E-state index contributed by atoms with van der Waals surface area (Å²) < 4.78 is 0. The van der Waals surface area contributed by atoms with Crippen molar-refractivity contribution in [3.8, 4) is 0 Å². The van der Waals surface area contributed by atoms with Crippen LogP contribution < -0.4 is 10.6 Å². The summed E-state index contributed by atoms with van der Waals surface area (Å²) in [5, 5.41) is 6.08. The quantitative estimate of drug-likeness (QED) is 0.740. The fourth-order valence-electron chi connectivity index (χ4n) is 3.51. The molecule has 0 atom stereocenters. The predicted molar refractivity (Wildman–Crippen MR) is 112 cm³/mol. The fourth-order valence-corrected chi connectivity index (χ4v) is 3.51. The summed E-state index contributed by atoms with van der Waals surface area (Å²) in [7, 11) is 0. The predicted octanol–water partition coefficient (Wildman–Crippen LogP) is 3.23. The minimum atomic E-state index is 0.0440. The Bertz CT molecular complexity index is 741. The highest BCUT2D eigenvalue weighted by Gasteiger charge is 2.20. The molecule has 2 aromatic rings. The SMILES string of the molecule is O=C(CCN1CCC(NC(=O)CCc2ccccc2)CC1)Nc1ccccc1. The second-order valence-corrected chi connectivity index (χ2v) is 7.33. The minimum absolute atomic E-state index is 0.0440. The van der Waals surface area contributed by atoms with E-state index in [0.29, 0.717) is 12.8 Å². The van der Waals surface area contributed by atoms with Gasteiger partial charge in [-0.05, 0) is 37.0 Å². The van der Waals surface area contributed by atoms with Crippen molar-refractivity contribution >= 4 is 17.5 Å². The van der Waals surface area contributed by atoms with Gasteiger partial charge >= 0.3 is 0 Å². The molecule has 5 heteroatoms. The van der Waals surface area contributed by atoms with E-state index in [1.54, 1.807) is 0 Å². The van der Waals surface area contributed by atoms with Gasteiger partial charge < -0.3 is 15.5 Å². The lowest BCUT2D eigenvalue weighted by atomic mass is 10.0. The van der Waals surface area contributed by atoms with Crippen LogP contribution in [0.15, 0.2) is 60.7 Å². The topological polar surface area (TPSA) is 61.4 Å². The Labute approximate surface area is 167 Å². The molecule has 0 aromatic heterocycles. The fraction of sp³-hybridized carbons (Fsp3) is 0.391. The van der Waals surface area contributed by atoms with E-state index in [1.165, 1.54) is 5.56 Å². The first-order valence-corrected chi connectivity index (χ1v) is 10.1. The molecule has 0 unspecified atom stereocenters. The molecule has 0 saturated carbocycles. The third kappa shape index (κ3) is 6.82. The maximum absolute atomic E-state index is 12.2. The molecule has 2 N–H and O–H groups in total. The molecule has 2 aromatic carbocycles. The number of carbonyl (C=O) groups excluding carboxylic acids is 2. The van der Waals surface area contributed by atoms with Crippen molar-refractivity contribution < 1.29 is 9.59 Å². The van der Waals surface area contributed by atoms with Gasteiger partial charge in [0.15, 0.2) is 0 Å². The Hall–Kier alpha value is -2.66. The Morgan fingerprint density at radius 2 is 1.50 bits per heavy atom. The molecule has 2 amide bonds. The summed E-state index contributed by atoms with van der Waals surface area (Å²) in [5.41, 5.74) is 2.03. The summed E-state index contributed by atoms with van der Waals surface area (Å²) in [6.07, 6.45) is 3.68. The van der Waals surface area contributed by atoms with Crippen molar-refractivity contribution in [2.75, 3.05) is 25.0 Å². The lowest BCUT2D eigenvalue weighted by Gasteiger charge is -2.32. The number of likely N-dealkylation sites (tertiary alicyclic amines) is 1. The summed E-state index contributed by atoms with van der Waals surface area (Å²) >= 11 is 0. The summed E-state index contributed by atoms with van der Waals surface area (Å²) in [4.78, 5) is 26.5. The third-order valence-corrected chi connectivity index (χ3v) is 5.15. The monoisotopic (exact) mass is 379 g/mol. The summed E-state index contributed by atoms with van der Waals surface area (Å²) in [5.74, 6) is 0.173. The van der Waals surface area contributed by atoms with E-state index in [0.717, 1.165) is 44.6 Å². The maximum atomic E-state index is 12.2. The standard InChI is InChI=1S/C23H29N3O2/c27-22(12-11-19-7-3-1-4-8-19)25-21-13-16-26(17-14-21)18-15-23(28)24-20-9-5-2-6-10-20/h1-10,21H,11-18H2,(H,24,28)(H,25,27). The van der Waals surface area contributed by atoms with Gasteiger partial charge in [0, 0.05) is 44.2 Å². The Morgan fingerprint density at radius 1 is 0.857 bits per heavy atom. The first-order valence-electron chi connectivity index (χ1n) is 10.1.